The first-order valence-corrected chi connectivity index (χ1v) is 5.68. The smallest absolute Gasteiger partial charge is 0.224 e. The van der Waals surface area contributed by atoms with Gasteiger partial charge in [-0.2, -0.15) is 0 Å². The summed E-state index contributed by atoms with van der Waals surface area (Å²) in [5.41, 5.74) is 2.93. The van der Waals surface area contributed by atoms with Crippen LogP contribution in [0.2, 0.25) is 5.28 Å². The molecule has 2 heterocycles. The third-order valence-corrected chi connectivity index (χ3v) is 2.51. The minimum absolute atomic E-state index is 0.246. The number of hydrogen-bond donors (Lipinski definition) is 1. The van der Waals surface area contributed by atoms with E-state index >= 15 is 0 Å². The van der Waals surface area contributed by atoms with Gasteiger partial charge in [0.15, 0.2) is 0 Å². The number of halogens is 1. The highest BCUT2D eigenvalue weighted by molar-refractivity contribution is 6.28. The van der Waals surface area contributed by atoms with E-state index < -0.39 is 0 Å². The quantitative estimate of drug-likeness (QED) is 0.849. The van der Waals surface area contributed by atoms with Gasteiger partial charge in [-0.05, 0) is 37.6 Å². The molecule has 0 fully saturated rings. The maximum atomic E-state index is 5.75. The van der Waals surface area contributed by atoms with Gasteiger partial charge in [0.2, 0.25) is 5.28 Å². The van der Waals surface area contributed by atoms with Crippen molar-refractivity contribution in [2.24, 2.45) is 0 Å². The first kappa shape index (κ1) is 11.8. The van der Waals surface area contributed by atoms with Crippen LogP contribution >= 0.6 is 11.6 Å². The van der Waals surface area contributed by atoms with Crippen molar-refractivity contribution in [1.82, 2.24) is 15.0 Å². The number of pyridine rings is 1. The normalized spacial score (nSPS) is 10.3. The predicted molar refractivity (Wildman–Crippen MR) is 68.1 cm³/mol. The maximum Gasteiger partial charge on any atom is 0.224 e. The van der Waals surface area contributed by atoms with Crippen molar-refractivity contribution in [2.45, 2.75) is 20.4 Å². The molecule has 4 nitrogen and oxygen atoms in total. The molecule has 0 atom stereocenters. The van der Waals surface area contributed by atoms with E-state index in [1.54, 1.807) is 6.20 Å². The molecule has 0 amide bonds. The summed E-state index contributed by atoms with van der Waals surface area (Å²) >= 11 is 5.75. The number of aromatic nitrogens is 3. The van der Waals surface area contributed by atoms with Crippen LogP contribution in [0.15, 0.2) is 24.4 Å². The molecule has 0 unspecified atom stereocenters. The van der Waals surface area contributed by atoms with Crippen molar-refractivity contribution in [2.75, 3.05) is 5.32 Å². The Kier molecular flexibility index (Phi) is 3.54. The summed E-state index contributed by atoms with van der Waals surface area (Å²) in [6, 6.07) is 5.92. The van der Waals surface area contributed by atoms with Gasteiger partial charge >= 0.3 is 0 Å². The number of rotatable bonds is 3. The lowest BCUT2D eigenvalue weighted by molar-refractivity contribution is 0.990. The van der Waals surface area contributed by atoms with Gasteiger partial charge in [-0.3, -0.25) is 4.98 Å². The number of anilines is 1. The standard InChI is InChI=1S/C12H13ClN4/c1-8-6-15-12(13)17-11(8)14-7-10-5-3-4-9(2)16-10/h3-6H,7H2,1-2H3,(H,14,15,17). The molecule has 0 aliphatic rings. The molecule has 2 aromatic rings. The third-order valence-electron chi connectivity index (χ3n) is 2.33. The Bertz CT molecular complexity index is 528. The van der Waals surface area contributed by atoms with E-state index in [-0.39, 0.29) is 5.28 Å². The topological polar surface area (TPSA) is 50.7 Å². The van der Waals surface area contributed by atoms with Crippen molar-refractivity contribution in [1.29, 1.82) is 0 Å². The lowest BCUT2D eigenvalue weighted by Crippen LogP contribution is -2.05. The number of aryl methyl sites for hydroxylation is 2. The van der Waals surface area contributed by atoms with E-state index in [1.807, 2.05) is 32.0 Å². The second-order valence-corrected chi connectivity index (χ2v) is 4.13. The Balaban J connectivity index is 2.09. The summed E-state index contributed by atoms with van der Waals surface area (Å²) in [5.74, 6) is 0.744. The Morgan fingerprint density at radius 3 is 2.82 bits per heavy atom. The highest BCUT2D eigenvalue weighted by atomic mass is 35.5. The fourth-order valence-corrected chi connectivity index (χ4v) is 1.61. The van der Waals surface area contributed by atoms with E-state index in [1.165, 1.54) is 0 Å². The highest BCUT2D eigenvalue weighted by Crippen LogP contribution is 2.13. The van der Waals surface area contributed by atoms with Crippen molar-refractivity contribution >= 4 is 17.4 Å². The minimum atomic E-state index is 0.246. The van der Waals surface area contributed by atoms with Gasteiger partial charge in [0.05, 0.1) is 12.2 Å². The van der Waals surface area contributed by atoms with Gasteiger partial charge in [0.1, 0.15) is 5.82 Å². The molecule has 0 radical (unpaired) electrons. The molecule has 2 rings (SSSR count). The fourth-order valence-electron chi connectivity index (χ4n) is 1.47. The van der Waals surface area contributed by atoms with Crippen LogP contribution in [0.25, 0.3) is 0 Å². The molecule has 0 bridgehead atoms. The van der Waals surface area contributed by atoms with Crippen LogP contribution in [-0.2, 0) is 6.54 Å². The van der Waals surface area contributed by atoms with Crippen LogP contribution in [0, 0.1) is 13.8 Å². The van der Waals surface area contributed by atoms with Gasteiger partial charge in [-0.15, -0.1) is 0 Å². The summed E-state index contributed by atoms with van der Waals surface area (Å²) in [6.07, 6.45) is 1.70. The summed E-state index contributed by atoms with van der Waals surface area (Å²) in [7, 11) is 0. The second kappa shape index (κ2) is 5.10. The van der Waals surface area contributed by atoms with Gasteiger partial charge in [-0.25, -0.2) is 9.97 Å². The van der Waals surface area contributed by atoms with Gasteiger partial charge < -0.3 is 5.32 Å². The van der Waals surface area contributed by atoms with Gasteiger partial charge in [-0.1, -0.05) is 6.07 Å². The average molecular weight is 249 g/mol. The Labute approximate surface area is 105 Å². The van der Waals surface area contributed by atoms with Crippen molar-refractivity contribution < 1.29 is 0 Å². The first-order valence-electron chi connectivity index (χ1n) is 5.31. The van der Waals surface area contributed by atoms with Crippen LogP contribution in [0.4, 0.5) is 5.82 Å². The molecule has 0 saturated carbocycles. The third kappa shape index (κ3) is 3.14. The summed E-state index contributed by atoms with van der Waals surface area (Å²) in [4.78, 5) is 12.4. The van der Waals surface area contributed by atoms with Crippen LogP contribution in [-0.4, -0.2) is 15.0 Å². The number of nitrogens with one attached hydrogen (secondary N) is 1. The largest absolute Gasteiger partial charge is 0.364 e. The lowest BCUT2D eigenvalue weighted by Gasteiger charge is -2.08. The lowest BCUT2D eigenvalue weighted by atomic mass is 10.3. The van der Waals surface area contributed by atoms with Crippen LogP contribution < -0.4 is 5.32 Å². The summed E-state index contributed by atoms with van der Waals surface area (Å²) in [6.45, 7) is 4.52. The van der Waals surface area contributed by atoms with E-state index in [0.717, 1.165) is 22.8 Å². The Hall–Kier alpha value is -1.68. The van der Waals surface area contributed by atoms with E-state index in [0.29, 0.717) is 6.54 Å². The molecule has 0 aliphatic carbocycles. The zero-order valence-electron chi connectivity index (χ0n) is 9.74. The van der Waals surface area contributed by atoms with Crippen LogP contribution in [0.3, 0.4) is 0 Å². The monoisotopic (exact) mass is 248 g/mol. The Morgan fingerprint density at radius 2 is 2.06 bits per heavy atom. The molecule has 0 saturated heterocycles. The molecule has 88 valence electrons. The van der Waals surface area contributed by atoms with E-state index in [4.69, 9.17) is 11.6 Å². The van der Waals surface area contributed by atoms with Crippen LogP contribution in [0.1, 0.15) is 17.0 Å². The molecule has 0 aromatic carbocycles. The summed E-state index contributed by atoms with van der Waals surface area (Å²) < 4.78 is 0. The fraction of sp³-hybridized carbons (Fsp3) is 0.250. The molecule has 17 heavy (non-hydrogen) atoms. The second-order valence-electron chi connectivity index (χ2n) is 3.79. The molecule has 5 heteroatoms. The predicted octanol–water partition coefficient (Wildman–Crippen LogP) is 2.75. The number of nitrogens with zero attached hydrogens (tertiary/aromatic N) is 3. The maximum absolute atomic E-state index is 5.75. The molecule has 0 aliphatic heterocycles. The minimum Gasteiger partial charge on any atom is -0.364 e. The SMILES string of the molecule is Cc1cccc(CNc2nc(Cl)ncc2C)n1. The zero-order valence-corrected chi connectivity index (χ0v) is 10.5. The van der Waals surface area contributed by atoms with E-state index in [2.05, 4.69) is 20.3 Å². The molecule has 2 aromatic heterocycles. The molecular formula is C12H13ClN4. The van der Waals surface area contributed by atoms with Crippen molar-refractivity contribution in [3.05, 3.63) is 46.6 Å². The van der Waals surface area contributed by atoms with Gasteiger partial charge in [0.25, 0.3) is 0 Å². The summed E-state index contributed by atoms with van der Waals surface area (Å²) in [5, 5.41) is 3.44. The highest BCUT2D eigenvalue weighted by Gasteiger charge is 2.02. The first-order chi connectivity index (χ1) is 8.15. The average Bonchev–Trinajstić information content (AvgIpc) is 2.30. The van der Waals surface area contributed by atoms with Crippen molar-refractivity contribution in [3.8, 4) is 0 Å². The molecule has 0 spiro atoms. The van der Waals surface area contributed by atoms with E-state index in [9.17, 15) is 0 Å². The van der Waals surface area contributed by atoms with Gasteiger partial charge in [0, 0.05) is 17.5 Å². The van der Waals surface area contributed by atoms with Crippen LogP contribution in [0.5, 0.6) is 0 Å². The molecular weight excluding hydrogens is 236 g/mol. The Morgan fingerprint density at radius 1 is 1.24 bits per heavy atom. The zero-order chi connectivity index (χ0) is 12.3. The molecule has 1 N–H and O–H groups in total. The van der Waals surface area contributed by atoms with Crippen molar-refractivity contribution in [3.63, 3.8) is 0 Å². The number of hydrogen-bond acceptors (Lipinski definition) is 4.